The number of furan rings is 1. The van der Waals surface area contributed by atoms with E-state index >= 15 is 0 Å². The normalized spacial score (nSPS) is 15.7. The molecule has 4 heterocycles. The highest BCUT2D eigenvalue weighted by molar-refractivity contribution is 7.99. The van der Waals surface area contributed by atoms with Crippen molar-refractivity contribution in [2.45, 2.75) is 51.4 Å². The highest BCUT2D eigenvalue weighted by Gasteiger charge is 2.24. The standard InChI is InChI=1S/C21H25N5O5S2/c1-4-29-19(28)17-12(2)22-20(33-17)23-16(27)11-32-21-25-24-18(15-7-9-30-13(15)3)26(21)10-14-6-5-8-31-14/h7,9,14H,4-6,8,10-11H2,1-3H3,(H,22,23,27). The Morgan fingerprint density at radius 3 is 2.91 bits per heavy atom. The molecule has 33 heavy (non-hydrogen) atoms. The van der Waals surface area contributed by atoms with Crippen LogP contribution in [0.4, 0.5) is 5.13 Å². The lowest BCUT2D eigenvalue weighted by Gasteiger charge is -2.14. The summed E-state index contributed by atoms with van der Waals surface area (Å²) in [5.41, 5.74) is 1.39. The van der Waals surface area contributed by atoms with E-state index in [1.54, 1.807) is 20.1 Å². The van der Waals surface area contributed by atoms with Gasteiger partial charge in [0.1, 0.15) is 10.6 Å². The second-order valence-electron chi connectivity index (χ2n) is 7.43. The molecule has 0 radical (unpaired) electrons. The largest absolute Gasteiger partial charge is 0.469 e. The first-order valence-electron chi connectivity index (χ1n) is 10.6. The number of carbonyl (C=O) groups is 2. The minimum absolute atomic E-state index is 0.0831. The van der Waals surface area contributed by atoms with Crippen LogP contribution >= 0.6 is 23.1 Å². The van der Waals surface area contributed by atoms with E-state index in [1.807, 2.05) is 17.6 Å². The van der Waals surface area contributed by atoms with Gasteiger partial charge in [-0.15, -0.1) is 10.2 Å². The van der Waals surface area contributed by atoms with Crippen LogP contribution in [-0.2, 0) is 20.8 Å². The fourth-order valence-corrected chi connectivity index (χ4v) is 5.11. The van der Waals surface area contributed by atoms with Gasteiger partial charge in [-0.3, -0.25) is 9.36 Å². The second kappa shape index (κ2) is 10.5. The molecule has 0 aromatic carbocycles. The summed E-state index contributed by atoms with van der Waals surface area (Å²) in [5, 5.41) is 12.4. The van der Waals surface area contributed by atoms with E-state index in [4.69, 9.17) is 13.9 Å². The molecular weight excluding hydrogens is 466 g/mol. The zero-order valence-electron chi connectivity index (χ0n) is 18.6. The lowest BCUT2D eigenvalue weighted by Crippen LogP contribution is -2.18. The molecule has 1 unspecified atom stereocenters. The number of anilines is 1. The first-order valence-corrected chi connectivity index (χ1v) is 12.4. The molecular formula is C21H25N5O5S2. The molecule has 10 nitrogen and oxygen atoms in total. The van der Waals surface area contributed by atoms with Crippen LogP contribution in [-0.4, -0.2) is 56.7 Å². The van der Waals surface area contributed by atoms with Gasteiger partial charge in [0.05, 0.1) is 42.5 Å². The maximum atomic E-state index is 12.6. The Kier molecular flexibility index (Phi) is 7.46. The summed E-state index contributed by atoms with van der Waals surface area (Å²) in [6.07, 6.45) is 3.70. The molecule has 1 aliphatic heterocycles. The molecule has 0 saturated carbocycles. The monoisotopic (exact) mass is 491 g/mol. The third-order valence-corrected chi connectivity index (χ3v) is 7.08. The van der Waals surface area contributed by atoms with E-state index < -0.39 is 5.97 Å². The number of nitrogens with one attached hydrogen (secondary N) is 1. The van der Waals surface area contributed by atoms with Crippen LogP contribution in [0.15, 0.2) is 21.9 Å². The average Bonchev–Trinajstić information content (AvgIpc) is 3.56. The van der Waals surface area contributed by atoms with Crippen molar-refractivity contribution >= 4 is 40.1 Å². The Hall–Kier alpha value is -2.70. The van der Waals surface area contributed by atoms with Crippen molar-refractivity contribution in [3.05, 3.63) is 28.7 Å². The summed E-state index contributed by atoms with van der Waals surface area (Å²) in [5.74, 6) is 0.862. The van der Waals surface area contributed by atoms with Crippen LogP contribution < -0.4 is 5.32 Å². The van der Waals surface area contributed by atoms with E-state index in [-0.39, 0.29) is 24.4 Å². The van der Waals surface area contributed by atoms with Crippen LogP contribution in [0, 0.1) is 13.8 Å². The first kappa shape index (κ1) is 23.5. The summed E-state index contributed by atoms with van der Waals surface area (Å²) in [6.45, 7) is 6.96. The summed E-state index contributed by atoms with van der Waals surface area (Å²) in [4.78, 5) is 29.2. The molecule has 1 fully saturated rings. The molecule has 3 aromatic heterocycles. The van der Waals surface area contributed by atoms with E-state index in [2.05, 4.69) is 20.5 Å². The number of thiazole rings is 1. The third-order valence-electron chi connectivity index (χ3n) is 5.06. The summed E-state index contributed by atoms with van der Waals surface area (Å²) in [6, 6.07) is 1.86. The van der Waals surface area contributed by atoms with Crippen LogP contribution in [0.3, 0.4) is 0 Å². The fourth-order valence-electron chi connectivity index (χ4n) is 3.49. The fraction of sp³-hybridized carbons (Fsp3) is 0.476. The van der Waals surface area contributed by atoms with Gasteiger partial charge in [-0.05, 0) is 39.7 Å². The summed E-state index contributed by atoms with van der Waals surface area (Å²) < 4.78 is 18.3. The number of carbonyl (C=O) groups excluding carboxylic acids is 2. The molecule has 0 bridgehead atoms. The molecule has 1 atom stereocenters. The topological polar surface area (TPSA) is 121 Å². The number of rotatable bonds is 9. The summed E-state index contributed by atoms with van der Waals surface area (Å²) >= 11 is 2.38. The van der Waals surface area contributed by atoms with Gasteiger partial charge in [0.2, 0.25) is 5.91 Å². The van der Waals surface area contributed by atoms with Crippen LogP contribution in [0.25, 0.3) is 11.4 Å². The highest BCUT2D eigenvalue weighted by atomic mass is 32.2. The van der Waals surface area contributed by atoms with Gasteiger partial charge < -0.3 is 19.2 Å². The third kappa shape index (κ3) is 5.45. The van der Waals surface area contributed by atoms with Gasteiger partial charge in [-0.2, -0.15) is 0 Å². The number of esters is 1. The predicted molar refractivity (Wildman–Crippen MR) is 124 cm³/mol. The maximum absolute atomic E-state index is 12.6. The van der Waals surface area contributed by atoms with Crippen molar-refractivity contribution in [3.63, 3.8) is 0 Å². The van der Waals surface area contributed by atoms with E-state index in [0.717, 1.165) is 42.1 Å². The number of amides is 1. The Bertz CT molecular complexity index is 1130. The molecule has 12 heteroatoms. The Morgan fingerprint density at radius 1 is 1.36 bits per heavy atom. The molecule has 1 amide bonds. The van der Waals surface area contributed by atoms with Gasteiger partial charge in [-0.1, -0.05) is 23.1 Å². The second-order valence-corrected chi connectivity index (χ2v) is 9.37. The number of hydrogen-bond acceptors (Lipinski definition) is 10. The van der Waals surface area contributed by atoms with Crippen molar-refractivity contribution in [1.29, 1.82) is 0 Å². The molecule has 1 N–H and O–H groups in total. The predicted octanol–water partition coefficient (Wildman–Crippen LogP) is 3.70. The highest BCUT2D eigenvalue weighted by Crippen LogP contribution is 2.29. The molecule has 3 aromatic rings. The molecule has 0 aliphatic carbocycles. The van der Waals surface area contributed by atoms with E-state index in [1.165, 1.54) is 11.8 Å². The van der Waals surface area contributed by atoms with Crippen molar-refractivity contribution in [2.75, 3.05) is 24.3 Å². The first-order chi connectivity index (χ1) is 16.0. The Morgan fingerprint density at radius 2 is 2.21 bits per heavy atom. The van der Waals surface area contributed by atoms with Gasteiger partial charge in [0.25, 0.3) is 0 Å². The number of aryl methyl sites for hydroxylation is 2. The van der Waals surface area contributed by atoms with Gasteiger partial charge in [0, 0.05) is 6.61 Å². The molecule has 176 valence electrons. The number of aromatic nitrogens is 4. The van der Waals surface area contributed by atoms with E-state index in [0.29, 0.717) is 33.2 Å². The minimum atomic E-state index is -0.438. The van der Waals surface area contributed by atoms with Crippen LogP contribution in [0.1, 0.15) is 40.9 Å². The Balaban J connectivity index is 1.45. The molecule has 4 rings (SSSR count). The van der Waals surface area contributed by atoms with Crippen molar-refractivity contribution in [2.24, 2.45) is 0 Å². The molecule has 1 saturated heterocycles. The maximum Gasteiger partial charge on any atom is 0.350 e. The van der Waals surface area contributed by atoms with Crippen LogP contribution in [0.5, 0.6) is 0 Å². The number of ether oxygens (including phenoxy) is 2. The Labute approximate surface area is 199 Å². The zero-order chi connectivity index (χ0) is 23.4. The van der Waals surface area contributed by atoms with Gasteiger partial charge in [0.15, 0.2) is 16.1 Å². The van der Waals surface area contributed by atoms with Crippen molar-refractivity contribution in [3.8, 4) is 11.4 Å². The number of thioether (sulfide) groups is 1. The smallest absolute Gasteiger partial charge is 0.350 e. The lowest BCUT2D eigenvalue weighted by atomic mass is 10.2. The number of hydrogen-bond donors (Lipinski definition) is 1. The number of nitrogens with zero attached hydrogens (tertiary/aromatic N) is 4. The van der Waals surface area contributed by atoms with Gasteiger partial charge in [-0.25, -0.2) is 9.78 Å². The zero-order valence-corrected chi connectivity index (χ0v) is 20.3. The van der Waals surface area contributed by atoms with Crippen molar-refractivity contribution in [1.82, 2.24) is 19.7 Å². The average molecular weight is 492 g/mol. The SMILES string of the molecule is CCOC(=O)c1sc(NC(=O)CSc2nnc(-c3ccoc3C)n2CC2CCCO2)nc1C. The van der Waals surface area contributed by atoms with Crippen LogP contribution in [0.2, 0.25) is 0 Å². The van der Waals surface area contributed by atoms with Gasteiger partial charge >= 0.3 is 5.97 Å². The summed E-state index contributed by atoms with van der Waals surface area (Å²) in [7, 11) is 0. The minimum Gasteiger partial charge on any atom is -0.469 e. The quantitative estimate of drug-likeness (QED) is 0.353. The molecule has 0 spiro atoms. The van der Waals surface area contributed by atoms with E-state index in [9.17, 15) is 9.59 Å². The molecule has 1 aliphatic rings. The lowest BCUT2D eigenvalue weighted by molar-refractivity contribution is -0.113. The van der Waals surface area contributed by atoms with Crippen molar-refractivity contribution < 1.29 is 23.5 Å².